The van der Waals surface area contributed by atoms with Crippen molar-refractivity contribution in [1.82, 2.24) is 25.5 Å². The van der Waals surface area contributed by atoms with Crippen molar-refractivity contribution in [1.29, 1.82) is 0 Å². The summed E-state index contributed by atoms with van der Waals surface area (Å²) in [6.45, 7) is 0.914. The van der Waals surface area contributed by atoms with E-state index in [0.29, 0.717) is 31.6 Å². The molecule has 0 bridgehead atoms. The van der Waals surface area contributed by atoms with Gasteiger partial charge in [0.2, 0.25) is 0 Å². The first-order chi connectivity index (χ1) is 17.6. The second kappa shape index (κ2) is 11.0. The number of benzene rings is 2. The molecule has 35 heavy (non-hydrogen) atoms. The van der Waals surface area contributed by atoms with Crippen LogP contribution < -0.4 is 4.74 Å². The van der Waals surface area contributed by atoms with Crippen LogP contribution in [0.5, 0.6) is 5.75 Å². The third kappa shape index (κ3) is 5.95. The number of carbonyl (C=O) groups excluding carboxylic acids is 1. The highest BCUT2D eigenvalue weighted by Gasteiger charge is 2.33. The second-order valence-electron chi connectivity index (χ2n) is 8.63. The second-order valence-corrected chi connectivity index (χ2v) is 8.63. The lowest BCUT2D eigenvalue weighted by Gasteiger charge is -2.24. The number of ether oxygens (including phenoxy) is 1. The van der Waals surface area contributed by atoms with Gasteiger partial charge in [-0.3, -0.25) is 4.79 Å². The van der Waals surface area contributed by atoms with Crippen molar-refractivity contribution in [3.63, 3.8) is 0 Å². The fourth-order valence-corrected chi connectivity index (χ4v) is 4.01. The maximum Gasteiger partial charge on any atom is 0.254 e. The van der Waals surface area contributed by atoms with Crippen LogP contribution >= 0.6 is 0 Å². The molecule has 8 nitrogen and oxygen atoms in total. The largest absolute Gasteiger partial charge is 0.493 e. The van der Waals surface area contributed by atoms with Gasteiger partial charge in [-0.15, -0.1) is 5.10 Å². The van der Waals surface area contributed by atoms with Gasteiger partial charge < -0.3 is 14.1 Å². The summed E-state index contributed by atoms with van der Waals surface area (Å²) >= 11 is 0. The molecule has 5 rings (SSSR count). The number of carbonyl (C=O) groups is 1. The summed E-state index contributed by atoms with van der Waals surface area (Å²) in [7, 11) is 0. The molecular formula is C27H29N5O3. The molecule has 0 atom stereocenters. The number of rotatable bonds is 12. The molecule has 1 fully saturated rings. The van der Waals surface area contributed by atoms with Crippen LogP contribution in [0.2, 0.25) is 0 Å². The first-order valence-corrected chi connectivity index (χ1v) is 12.0. The van der Waals surface area contributed by atoms with Crippen LogP contribution in [0.25, 0.3) is 11.3 Å². The summed E-state index contributed by atoms with van der Waals surface area (Å²) in [6, 6.07) is 18.0. The number of aromatic nitrogens is 4. The molecule has 4 aromatic rings. The van der Waals surface area contributed by atoms with Gasteiger partial charge in [0, 0.05) is 35.7 Å². The van der Waals surface area contributed by atoms with E-state index in [1.807, 2.05) is 48.5 Å². The monoisotopic (exact) mass is 472 g/mol. The summed E-state index contributed by atoms with van der Waals surface area (Å²) in [5, 5.41) is 13.8. The number of nitrogens with one attached hydrogen (secondary N) is 1. The zero-order chi connectivity index (χ0) is 24.8. The van der Waals surface area contributed by atoms with Gasteiger partial charge in [0.1, 0.15) is 17.3 Å². The van der Waals surface area contributed by atoms with Crippen molar-refractivity contribution in [2.75, 3.05) is 6.61 Å². The maximum atomic E-state index is 13.5. The normalized spacial score (nSPS) is 14.3. The molecule has 1 aliphatic rings. The first-order valence-electron chi connectivity index (χ1n) is 12.5. The van der Waals surface area contributed by atoms with E-state index in [0.717, 1.165) is 54.1 Å². The number of amides is 1. The first kappa shape index (κ1) is 21.6. The van der Waals surface area contributed by atoms with Crippen molar-refractivity contribution in [3.8, 4) is 17.1 Å². The Kier molecular flexibility index (Phi) is 6.78. The van der Waals surface area contributed by atoms with Gasteiger partial charge in [-0.2, -0.15) is 0 Å². The Balaban J connectivity index is 1.21. The summed E-state index contributed by atoms with van der Waals surface area (Å²) in [5.41, 5.74) is 2.37. The zero-order valence-electron chi connectivity index (χ0n) is 20.5. The molecule has 2 aromatic heterocycles. The van der Waals surface area contributed by atoms with E-state index < -0.39 is 6.02 Å². The molecule has 0 unspecified atom stereocenters. The van der Waals surface area contributed by atoms with Crippen molar-refractivity contribution in [2.45, 2.75) is 51.1 Å². The smallest absolute Gasteiger partial charge is 0.254 e. The Morgan fingerprint density at radius 2 is 1.94 bits per heavy atom. The minimum atomic E-state index is -0.876. The summed E-state index contributed by atoms with van der Waals surface area (Å²) in [4.78, 5) is 15.2. The van der Waals surface area contributed by atoms with Crippen LogP contribution in [0.1, 0.15) is 55.2 Å². The zero-order valence-corrected chi connectivity index (χ0v) is 19.5. The molecule has 0 spiro atoms. The van der Waals surface area contributed by atoms with Crippen molar-refractivity contribution < 1.29 is 15.3 Å². The number of para-hydroxylation sites is 1. The highest BCUT2D eigenvalue weighted by molar-refractivity contribution is 5.95. The fourth-order valence-electron chi connectivity index (χ4n) is 4.01. The molecule has 2 aromatic carbocycles. The van der Waals surface area contributed by atoms with E-state index in [2.05, 4.69) is 20.6 Å². The lowest BCUT2D eigenvalue weighted by atomic mass is 10.1. The summed E-state index contributed by atoms with van der Waals surface area (Å²) in [6.07, 6.45) is 6.67. The molecule has 0 aliphatic heterocycles. The Morgan fingerprint density at radius 1 is 1.09 bits per heavy atom. The number of aromatic amines is 1. The molecule has 1 saturated carbocycles. The highest BCUT2D eigenvalue weighted by atomic mass is 16.5. The molecule has 1 amide bonds. The predicted octanol–water partition coefficient (Wildman–Crippen LogP) is 5.06. The summed E-state index contributed by atoms with van der Waals surface area (Å²) in [5.74, 6) is 2.16. The van der Waals surface area contributed by atoms with Crippen LogP contribution in [-0.2, 0) is 13.0 Å². The average Bonchev–Trinajstić information content (AvgIpc) is 3.30. The van der Waals surface area contributed by atoms with E-state index in [4.69, 9.17) is 10.5 Å². The van der Waals surface area contributed by atoms with Crippen LogP contribution in [0.4, 0.5) is 0 Å². The number of tetrazole rings is 1. The van der Waals surface area contributed by atoms with Gasteiger partial charge in [-0.1, -0.05) is 30.3 Å². The number of furan rings is 1. The maximum absolute atomic E-state index is 13.5. The third-order valence-electron chi connectivity index (χ3n) is 6.04. The third-order valence-corrected chi connectivity index (χ3v) is 6.04. The van der Waals surface area contributed by atoms with E-state index >= 15 is 0 Å². The lowest BCUT2D eigenvalue weighted by Crippen LogP contribution is -2.32. The van der Waals surface area contributed by atoms with E-state index in [1.165, 1.54) is 0 Å². The molecular weight excluding hydrogens is 442 g/mol. The van der Waals surface area contributed by atoms with E-state index in [-0.39, 0.29) is 5.91 Å². The number of nitrogens with zero attached hydrogens (tertiary/aromatic N) is 4. The summed E-state index contributed by atoms with van der Waals surface area (Å²) < 4.78 is 20.3. The molecule has 8 heteroatoms. The Hall–Kier alpha value is -3.94. The molecule has 180 valence electrons. The SMILES string of the molecule is [2H]C1(N(Cc2ccccc2OCCCCCc2nnn[nH]2)C(=O)c2ccc(-c3ccco3)cc2)CC1. The van der Waals surface area contributed by atoms with Gasteiger partial charge in [0.25, 0.3) is 5.91 Å². The number of hydrogen-bond acceptors (Lipinski definition) is 6. The van der Waals surface area contributed by atoms with Gasteiger partial charge in [0.15, 0.2) is 0 Å². The topological polar surface area (TPSA) is 97.1 Å². The van der Waals surface area contributed by atoms with Crippen LogP contribution in [0, 0.1) is 0 Å². The van der Waals surface area contributed by atoms with Gasteiger partial charge in [0.05, 0.1) is 14.2 Å². The standard InChI is InChI=1S/C27H29N5O3/c33-27(21-13-11-20(12-14-21)24-9-6-18-35-24)32(23-15-16-23)19-22-7-3-4-8-25(22)34-17-5-1-2-10-26-28-30-31-29-26/h3-4,6-9,11-14,18,23H,1-2,5,10,15-17,19H2,(H,28,29,30,31)/i23D. The molecule has 0 saturated heterocycles. The van der Waals surface area contributed by atoms with Crippen LogP contribution in [0.3, 0.4) is 0 Å². The Labute approximate surface area is 205 Å². The van der Waals surface area contributed by atoms with Gasteiger partial charge >= 0.3 is 0 Å². The van der Waals surface area contributed by atoms with E-state index in [9.17, 15) is 4.79 Å². The van der Waals surface area contributed by atoms with Crippen molar-refractivity contribution >= 4 is 5.91 Å². The molecule has 1 N–H and O–H groups in total. The lowest BCUT2D eigenvalue weighted by molar-refractivity contribution is 0.0728. The number of hydrogen-bond donors (Lipinski definition) is 1. The Bertz CT molecular complexity index is 1260. The minimum Gasteiger partial charge on any atom is -0.493 e. The van der Waals surface area contributed by atoms with Gasteiger partial charge in [-0.25, -0.2) is 5.10 Å². The number of H-pyrrole nitrogens is 1. The fraction of sp³-hybridized carbons (Fsp3) is 0.333. The molecule has 0 radical (unpaired) electrons. The predicted molar refractivity (Wildman–Crippen MR) is 131 cm³/mol. The quantitative estimate of drug-likeness (QED) is 0.290. The molecule has 1 aliphatic carbocycles. The average molecular weight is 473 g/mol. The highest BCUT2D eigenvalue weighted by Crippen LogP contribution is 2.32. The Morgan fingerprint density at radius 3 is 2.69 bits per heavy atom. The van der Waals surface area contributed by atoms with E-state index in [1.54, 1.807) is 23.3 Å². The molecule has 2 heterocycles. The van der Waals surface area contributed by atoms with Crippen molar-refractivity contribution in [2.24, 2.45) is 0 Å². The van der Waals surface area contributed by atoms with Gasteiger partial charge in [-0.05, 0) is 72.9 Å². The number of aryl methyl sites for hydroxylation is 1. The minimum absolute atomic E-state index is 0.148. The van der Waals surface area contributed by atoms with Crippen LogP contribution in [0.15, 0.2) is 71.3 Å². The number of unbranched alkanes of at least 4 members (excludes halogenated alkanes) is 2. The van der Waals surface area contributed by atoms with Crippen LogP contribution in [-0.4, -0.2) is 44.1 Å². The van der Waals surface area contributed by atoms with Crippen molar-refractivity contribution in [3.05, 3.63) is 83.9 Å².